The van der Waals surface area contributed by atoms with Gasteiger partial charge in [-0.05, 0) is 17.0 Å². The van der Waals surface area contributed by atoms with Crippen molar-refractivity contribution < 1.29 is 9.90 Å². The summed E-state index contributed by atoms with van der Waals surface area (Å²) in [6.07, 6.45) is -1.07. The first kappa shape index (κ1) is 11.8. The minimum atomic E-state index is -1.07. The average molecular weight is 247 g/mol. The first-order chi connectivity index (χ1) is 8.27. The van der Waals surface area contributed by atoms with Crippen molar-refractivity contribution in [3.8, 4) is 0 Å². The Morgan fingerprint density at radius 2 is 2.00 bits per heavy atom. The molecule has 1 aromatic carbocycles. The molecule has 0 saturated heterocycles. The van der Waals surface area contributed by atoms with Crippen LogP contribution in [-0.2, 0) is 11.3 Å². The lowest BCUT2D eigenvalue weighted by molar-refractivity contribution is -0.129. The van der Waals surface area contributed by atoms with Crippen LogP contribution >= 0.6 is 11.3 Å². The molecule has 0 radical (unpaired) electrons. The number of thiophene rings is 1. The highest BCUT2D eigenvalue weighted by Crippen LogP contribution is 2.18. The Morgan fingerprint density at radius 3 is 2.65 bits per heavy atom. The molecule has 0 aliphatic rings. The van der Waals surface area contributed by atoms with Crippen LogP contribution in [0.3, 0.4) is 0 Å². The molecule has 4 heteroatoms. The maximum Gasteiger partial charge on any atom is 0.254 e. The van der Waals surface area contributed by atoms with Crippen LogP contribution < -0.4 is 5.32 Å². The van der Waals surface area contributed by atoms with Crippen molar-refractivity contribution in [2.24, 2.45) is 0 Å². The number of rotatable bonds is 4. The van der Waals surface area contributed by atoms with Crippen LogP contribution in [0.15, 0.2) is 47.8 Å². The van der Waals surface area contributed by atoms with Crippen molar-refractivity contribution in [1.29, 1.82) is 0 Å². The molecule has 0 unspecified atom stereocenters. The molecule has 1 aromatic heterocycles. The van der Waals surface area contributed by atoms with Crippen molar-refractivity contribution in [3.63, 3.8) is 0 Å². The van der Waals surface area contributed by atoms with E-state index >= 15 is 0 Å². The fourth-order valence-corrected chi connectivity index (χ4v) is 2.17. The van der Waals surface area contributed by atoms with E-state index in [0.29, 0.717) is 11.4 Å². The van der Waals surface area contributed by atoms with E-state index in [4.69, 9.17) is 0 Å². The summed E-state index contributed by atoms with van der Waals surface area (Å²) >= 11 is 1.37. The van der Waals surface area contributed by atoms with Gasteiger partial charge in [0, 0.05) is 11.4 Å². The van der Waals surface area contributed by atoms with Gasteiger partial charge in [-0.3, -0.25) is 4.79 Å². The van der Waals surface area contributed by atoms with Gasteiger partial charge >= 0.3 is 0 Å². The molecule has 88 valence electrons. The Morgan fingerprint density at radius 1 is 1.24 bits per heavy atom. The molecule has 3 nitrogen and oxygen atoms in total. The lowest BCUT2D eigenvalue weighted by Crippen LogP contribution is -2.28. The molecule has 2 rings (SSSR count). The van der Waals surface area contributed by atoms with E-state index in [2.05, 4.69) is 5.32 Å². The Balaban J connectivity index is 1.90. The first-order valence-electron chi connectivity index (χ1n) is 5.30. The van der Waals surface area contributed by atoms with Gasteiger partial charge in [0.05, 0.1) is 0 Å². The number of aliphatic hydroxyl groups excluding tert-OH is 1. The lowest BCUT2D eigenvalue weighted by atomic mass is 10.2. The number of carbonyl (C=O) groups excluding carboxylic acids is 1. The molecule has 0 fully saturated rings. The van der Waals surface area contributed by atoms with Gasteiger partial charge in [-0.1, -0.05) is 36.4 Å². The molecule has 1 heterocycles. The number of benzene rings is 1. The van der Waals surface area contributed by atoms with Crippen molar-refractivity contribution in [1.82, 2.24) is 5.32 Å². The van der Waals surface area contributed by atoms with Crippen molar-refractivity contribution in [2.45, 2.75) is 12.6 Å². The third kappa shape index (κ3) is 3.15. The van der Waals surface area contributed by atoms with E-state index in [9.17, 15) is 9.90 Å². The van der Waals surface area contributed by atoms with E-state index < -0.39 is 6.10 Å². The van der Waals surface area contributed by atoms with Crippen LogP contribution in [0.1, 0.15) is 16.5 Å². The number of amides is 1. The summed E-state index contributed by atoms with van der Waals surface area (Å²) in [5, 5.41) is 14.3. The molecule has 0 aliphatic heterocycles. The van der Waals surface area contributed by atoms with Gasteiger partial charge in [0.2, 0.25) is 0 Å². The second-order valence-electron chi connectivity index (χ2n) is 3.62. The molecule has 1 atom stereocenters. The monoisotopic (exact) mass is 247 g/mol. The molecule has 1 amide bonds. The molecular formula is C13H13NO2S. The van der Waals surface area contributed by atoms with Crippen LogP contribution in [0.25, 0.3) is 0 Å². The van der Waals surface area contributed by atoms with Gasteiger partial charge in [-0.15, -0.1) is 11.3 Å². The van der Waals surface area contributed by atoms with Gasteiger partial charge in [0.1, 0.15) is 0 Å². The average Bonchev–Trinajstić information content (AvgIpc) is 2.90. The van der Waals surface area contributed by atoms with Crippen LogP contribution in [0, 0.1) is 0 Å². The summed E-state index contributed by atoms with van der Waals surface area (Å²) in [6, 6.07) is 13.2. The number of aliphatic hydroxyl groups is 1. The zero-order valence-corrected chi connectivity index (χ0v) is 9.98. The summed E-state index contributed by atoms with van der Waals surface area (Å²) in [7, 11) is 0. The van der Waals surface area contributed by atoms with Crippen LogP contribution in [0.2, 0.25) is 0 Å². The topological polar surface area (TPSA) is 49.3 Å². The Kier molecular flexibility index (Phi) is 3.90. The fourth-order valence-electron chi connectivity index (χ4n) is 1.46. The molecule has 0 bridgehead atoms. The number of nitrogens with one attached hydrogen (secondary N) is 1. The maximum absolute atomic E-state index is 11.7. The minimum absolute atomic E-state index is 0.365. The van der Waals surface area contributed by atoms with Crippen molar-refractivity contribution >= 4 is 17.2 Å². The number of hydrogen-bond acceptors (Lipinski definition) is 3. The van der Waals surface area contributed by atoms with E-state index in [1.54, 1.807) is 6.07 Å². The highest BCUT2D eigenvalue weighted by molar-refractivity contribution is 7.10. The molecule has 0 saturated carbocycles. The van der Waals surface area contributed by atoms with E-state index in [-0.39, 0.29) is 5.91 Å². The summed E-state index contributed by atoms with van der Waals surface area (Å²) in [5.41, 5.74) is 1.01. The summed E-state index contributed by atoms with van der Waals surface area (Å²) in [4.78, 5) is 12.3. The highest BCUT2D eigenvalue weighted by atomic mass is 32.1. The second-order valence-corrected chi connectivity index (χ2v) is 4.60. The van der Waals surface area contributed by atoms with Crippen LogP contribution in [-0.4, -0.2) is 11.0 Å². The second kappa shape index (κ2) is 5.61. The van der Waals surface area contributed by atoms with E-state index in [1.807, 2.05) is 41.8 Å². The van der Waals surface area contributed by atoms with Gasteiger partial charge in [-0.25, -0.2) is 0 Å². The standard InChI is InChI=1S/C13H13NO2S/c15-12(11-7-4-8-17-11)13(16)14-9-10-5-2-1-3-6-10/h1-8,12,15H,9H2,(H,14,16)/t12-/m1/s1. The Bertz CT molecular complexity index is 467. The number of hydrogen-bond donors (Lipinski definition) is 2. The van der Waals surface area contributed by atoms with Gasteiger partial charge in [-0.2, -0.15) is 0 Å². The zero-order chi connectivity index (χ0) is 12.1. The highest BCUT2D eigenvalue weighted by Gasteiger charge is 2.17. The van der Waals surface area contributed by atoms with Gasteiger partial charge in [0.25, 0.3) is 5.91 Å². The van der Waals surface area contributed by atoms with E-state index in [1.165, 1.54) is 11.3 Å². The summed E-state index contributed by atoms with van der Waals surface area (Å²) in [6.45, 7) is 0.433. The third-order valence-corrected chi connectivity index (χ3v) is 3.30. The predicted molar refractivity (Wildman–Crippen MR) is 67.6 cm³/mol. The SMILES string of the molecule is O=C(NCc1ccccc1)[C@H](O)c1cccs1. The largest absolute Gasteiger partial charge is 0.378 e. The van der Waals surface area contributed by atoms with Crippen LogP contribution in [0.5, 0.6) is 0 Å². The first-order valence-corrected chi connectivity index (χ1v) is 6.18. The maximum atomic E-state index is 11.7. The fraction of sp³-hybridized carbons (Fsp3) is 0.154. The molecular weight excluding hydrogens is 234 g/mol. The molecule has 2 N–H and O–H groups in total. The Hall–Kier alpha value is -1.65. The zero-order valence-electron chi connectivity index (χ0n) is 9.17. The van der Waals surface area contributed by atoms with Gasteiger partial charge in [0.15, 0.2) is 6.10 Å². The summed E-state index contributed by atoms with van der Waals surface area (Å²) in [5.74, 6) is -0.365. The minimum Gasteiger partial charge on any atom is -0.378 e. The molecule has 0 spiro atoms. The van der Waals surface area contributed by atoms with Crippen molar-refractivity contribution in [2.75, 3.05) is 0 Å². The number of carbonyl (C=O) groups is 1. The predicted octanol–water partition coefficient (Wildman–Crippen LogP) is 2.10. The van der Waals surface area contributed by atoms with Gasteiger partial charge < -0.3 is 10.4 Å². The van der Waals surface area contributed by atoms with Crippen LogP contribution in [0.4, 0.5) is 0 Å². The Labute approximate surface area is 104 Å². The normalized spacial score (nSPS) is 12.1. The van der Waals surface area contributed by atoms with Crippen molar-refractivity contribution in [3.05, 3.63) is 58.3 Å². The summed E-state index contributed by atoms with van der Waals surface area (Å²) < 4.78 is 0. The molecule has 17 heavy (non-hydrogen) atoms. The smallest absolute Gasteiger partial charge is 0.254 e. The third-order valence-electron chi connectivity index (χ3n) is 2.37. The molecule has 0 aliphatic carbocycles. The lowest BCUT2D eigenvalue weighted by Gasteiger charge is -2.09. The quantitative estimate of drug-likeness (QED) is 0.869. The molecule has 2 aromatic rings. The van der Waals surface area contributed by atoms with E-state index in [0.717, 1.165) is 5.56 Å².